The molecule has 1 fully saturated rings. The van der Waals surface area contributed by atoms with Crippen LogP contribution >= 0.6 is 0 Å². The Balaban J connectivity index is 1.54. The van der Waals surface area contributed by atoms with Gasteiger partial charge in [-0.15, -0.1) is 10.2 Å². The Kier molecular flexibility index (Phi) is 4.62. The molecule has 0 radical (unpaired) electrons. The van der Waals surface area contributed by atoms with Crippen molar-refractivity contribution in [2.45, 2.75) is 25.6 Å². The number of pyridine rings is 2. The zero-order valence-electron chi connectivity index (χ0n) is 14.8. The molecule has 3 aromatic heterocycles. The summed E-state index contributed by atoms with van der Waals surface area (Å²) >= 11 is 0. The first-order valence-corrected chi connectivity index (χ1v) is 8.82. The second kappa shape index (κ2) is 7.10. The van der Waals surface area contributed by atoms with E-state index in [1.807, 2.05) is 0 Å². The van der Waals surface area contributed by atoms with Gasteiger partial charge >= 0.3 is 6.18 Å². The minimum absolute atomic E-state index is 0.0599. The van der Waals surface area contributed by atoms with Crippen molar-refractivity contribution in [3.63, 3.8) is 0 Å². The van der Waals surface area contributed by atoms with Gasteiger partial charge < -0.3 is 10.2 Å². The summed E-state index contributed by atoms with van der Waals surface area (Å²) in [6.45, 7) is 1.62. The molecule has 0 saturated carbocycles. The highest BCUT2D eigenvalue weighted by Gasteiger charge is 2.31. The number of carbonyl (C=O) groups is 1. The number of halogens is 3. The van der Waals surface area contributed by atoms with E-state index in [0.717, 1.165) is 38.2 Å². The summed E-state index contributed by atoms with van der Waals surface area (Å²) in [4.78, 5) is 19.0. The molecule has 1 aliphatic rings. The molecule has 0 aromatic carbocycles. The van der Waals surface area contributed by atoms with Crippen molar-refractivity contribution < 1.29 is 18.0 Å². The van der Waals surface area contributed by atoms with E-state index < -0.39 is 11.7 Å². The topological polar surface area (TPSA) is 75.4 Å². The lowest BCUT2D eigenvalue weighted by Crippen LogP contribution is -2.28. The molecule has 1 N–H and O–H groups in total. The van der Waals surface area contributed by atoms with Gasteiger partial charge in [-0.1, -0.05) is 0 Å². The first-order valence-electron chi connectivity index (χ1n) is 8.82. The van der Waals surface area contributed by atoms with Gasteiger partial charge in [0.1, 0.15) is 5.82 Å². The highest BCUT2D eigenvalue weighted by molar-refractivity contribution is 5.98. The van der Waals surface area contributed by atoms with Gasteiger partial charge in [-0.25, -0.2) is 4.98 Å². The molecule has 10 heteroatoms. The van der Waals surface area contributed by atoms with Gasteiger partial charge in [0.2, 0.25) is 0 Å². The molecular formula is C18H17F3N6O. The number of amides is 1. The van der Waals surface area contributed by atoms with Crippen LogP contribution in [-0.4, -0.2) is 38.6 Å². The van der Waals surface area contributed by atoms with Gasteiger partial charge in [-0.2, -0.15) is 13.2 Å². The number of carbonyl (C=O) groups excluding carboxylic acids is 1. The lowest BCUT2D eigenvalue weighted by molar-refractivity contribution is -0.137. The van der Waals surface area contributed by atoms with E-state index in [2.05, 4.69) is 25.4 Å². The molecule has 0 atom stereocenters. The van der Waals surface area contributed by atoms with Crippen molar-refractivity contribution in [3.8, 4) is 0 Å². The van der Waals surface area contributed by atoms with Gasteiger partial charge in [0.15, 0.2) is 11.5 Å². The Morgan fingerprint density at radius 3 is 2.68 bits per heavy atom. The SMILES string of the molecule is O=C(NCc1nnc2ccc(C(F)(F)F)cn12)c1cccnc1N1CCCC1. The largest absolute Gasteiger partial charge is 0.417 e. The molecule has 4 heterocycles. The normalized spacial score (nSPS) is 14.6. The van der Waals surface area contributed by atoms with Crippen LogP contribution in [0.2, 0.25) is 0 Å². The van der Waals surface area contributed by atoms with Crippen LogP contribution in [0.4, 0.5) is 19.0 Å². The van der Waals surface area contributed by atoms with Gasteiger partial charge in [-0.05, 0) is 37.1 Å². The van der Waals surface area contributed by atoms with Crippen LogP contribution in [0.3, 0.4) is 0 Å². The zero-order chi connectivity index (χ0) is 19.7. The first kappa shape index (κ1) is 18.2. The van der Waals surface area contributed by atoms with Gasteiger partial charge in [0, 0.05) is 25.5 Å². The van der Waals surface area contributed by atoms with Crippen molar-refractivity contribution in [2.75, 3.05) is 18.0 Å². The summed E-state index contributed by atoms with van der Waals surface area (Å²) in [5, 5.41) is 10.4. The van der Waals surface area contributed by atoms with Gasteiger partial charge in [0.05, 0.1) is 17.7 Å². The lowest BCUT2D eigenvalue weighted by atomic mass is 10.2. The molecule has 0 spiro atoms. The molecule has 7 nitrogen and oxygen atoms in total. The average molecular weight is 390 g/mol. The van der Waals surface area contributed by atoms with Crippen LogP contribution in [0, 0.1) is 0 Å². The quantitative estimate of drug-likeness (QED) is 0.741. The summed E-state index contributed by atoms with van der Waals surface area (Å²) in [6, 6.07) is 5.55. The molecule has 146 valence electrons. The third-order valence-electron chi connectivity index (χ3n) is 4.64. The number of nitrogens with one attached hydrogen (secondary N) is 1. The van der Waals surface area contributed by atoms with Crippen LogP contribution in [-0.2, 0) is 12.7 Å². The molecule has 28 heavy (non-hydrogen) atoms. The molecule has 0 bridgehead atoms. The maximum absolute atomic E-state index is 12.9. The molecule has 1 aliphatic heterocycles. The fraction of sp³-hybridized carbons (Fsp3) is 0.333. The van der Waals surface area contributed by atoms with E-state index >= 15 is 0 Å². The Bertz CT molecular complexity index is 1010. The Morgan fingerprint density at radius 2 is 1.93 bits per heavy atom. The highest BCUT2D eigenvalue weighted by atomic mass is 19.4. The molecule has 3 aromatic rings. The smallest absolute Gasteiger partial charge is 0.356 e. The number of aromatic nitrogens is 4. The molecule has 0 aliphatic carbocycles. The second-order valence-electron chi connectivity index (χ2n) is 6.51. The summed E-state index contributed by atoms with van der Waals surface area (Å²) in [5.41, 5.74) is -0.110. The molecule has 1 amide bonds. The van der Waals surface area contributed by atoms with E-state index in [4.69, 9.17) is 0 Å². The Labute approximate surface area is 158 Å². The highest BCUT2D eigenvalue weighted by Crippen LogP contribution is 2.29. The number of anilines is 1. The van der Waals surface area contributed by atoms with Crippen molar-refractivity contribution in [1.29, 1.82) is 0 Å². The van der Waals surface area contributed by atoms with Crippen molar-refractivity contribution in [1.82, 2.24) is 24.9 Å². The van der Waals surface area contributed by atoms with Crippen LogP contribution in [0.15, 0.2) is 36.7 Å². The number of hydrogen-bond acceptors (Lipinski definition) is 5. The maximum atomic E-state index is 12.9. The van der Waals surface area contributed by atoms with Crippen LogP contribution in [0.25, 0.3) is 5.65 Å². The predicted molar refractivity (Wildman–Crippen MR) is 94.8 cm³/mol. The number of hydrogen-bond donors (Lipinski definition) is 1. The van der Waals surface area contributed by atoms with E-state index in [1.54, 1.807) is 18.3 Å². The van der Waals surface area contributed by atoms with E-state index in [1.165, 1.54) is 10.5 Å². The fourth-order valence-electron chi connectivity index (χ4n) is 3.24. The van der Waals surface area contributed by atoms with Crippen LogP contribution < -0.4 is 10.2 Å². The monoisotopic (exact) mass is 390 g/mol. The minimum Gasteiger partial charge on any atom is -0.356 e. The average Bonchev–Trinajstić information content (AvgIpc) is 3.35. The minimum atomic E-state index is -4.47. The van der Waals surface area contributed by atoms with Crippen LogP contribution in [0.1, 0.15) is 34.6 Å². The Morgan fingerprint density at radius 1 is 1.14 bits per heavy atom. The molecule has 0 unspecified atom stereocenters. The number of nitrogens with zero attached hydrogens (tertiary/aromatic N) is 5. The molecular weight excluding hydrogens is 373 g/mol. The third kappa shape index (κ3) is 3.49. The number of fused-ring (bicyclic) bond motifs is 1. The van der Waals surface area contributed by atoms with Crippen molar-refractivity contribution in [2.24, 2.45) is 0 Å². The number of rotatable bonds is 4. The summed E-state index contributed by atoms with van der Waals surface area (Å²) in [6.07, 6.45) is 0.181. The Hall–Kier alpha value is -3.17. The molecule has 4 rings (SSSR count). The van der Waals surface area contributed by atoms with Crippen LogP contribution in [0.5, 0.6) is 0 Å². The lowest BCUT2D eigenvalue weighted by Gasteiger charge is -2.19. The van der Waals surface area contributed by atoms with E-state index in [9.17, 15) is 18.0 Å². The van der Waals surface area contributed by atoms with Crippen molar-refractivity contribution in [3.05, 3.63) is 53.6 Å². The van der Waals surface area contributed by atoms with E-state index in [-0.39, 0.29) is 23.9 Å². The van der Waals surface area contributed by atoms with E-state index in [0.29, 0.717) is 11.4 Å². The third-order valence-corrected chi connectivity index (χ3v) is 4.64. The van der Waals surface area contributed by atoms with Gasteiger partial charge in [-0.3, -0.25) is 9.20 Å². The standard InChI is InChI=1S/C18H17F3N6O/c19-18(20,21)12-5-6-14-24-25-15(27(14)11-12)10-23-17(28)13-4-3-7-22-16(13)26-8-1-2-9-26/h3-7,11H,1-2,8-10H2,(H,23,28). The zero-order valence-corrected chi connectivity index (χ0v) is 14.8. The maximum Gasteiger partial charge on any atom is 0.417 e. The number of alkyl halides is 3. The first-order chi connectivity index (χ1) is 13.4. The van der Waals surface area contributed by atoms with Crippen molar-refractivity contribution >= 4 is 17.4 Å². The summed E-state index contributed by atoms with van der Waals surface area (Å²) in [5.74, 6) is 0.461. The second-order valence-corrected chi connectivity index (χ2v) is 6.51. The summed E-state index contributed by atoms with van der Waals surface area (Å²) < 4.78 is 40.1. The predicted octanol–water partition coefficient (Wildman–Crippen LogP) is 2.67. The summed E-state index contributed by atoms with van der Waals surface area (Å²) in [7, 11) is 0. The van der Waals surface area contributed by atoms with Gasteiger partial charge in [0.25, 0.3) is 5.91 Å². The molecule has 1 saturated heterocycles. The fourth-order valence-corrected chi connectivity index (χ4v) is 3.24.